The van der Waals surface area contributed by atoms with Gasteiger partial charge in [0.05, 0.1) is 18.9 Å². The van der Waals surface area contributed by atoms with Gasteiger partial charge in [0.25, 0.3) is 0 Å². The van der Waals surface area contributed by atoms with E-state index in [9.17, 15) is 0 Å². The van der Waals surface area contributed by atoms with Crippen LogP contribution in [0.2, 0.25) is 0 Å². The Hall–Kier alpha value is -1.24. The predicted octanol–water partition coefficient (Wildman–Crippen LogP) is 0.249. The van der Waals surface area contributed by atoms with Gasteiger partial charge in [0.2, 0.25) is 0 Å². The molecule has 1 N–H and O–H groups in total. The Kier molecular flexibility index (Phi) is 3.40. The van der Waals surface area contributed by atoms with Crippen LogP contribution >= 0.6 is 0 Å². The molecule has 0 aliphatic carbocycles. The van der Waals surface area contributed by atoms with Crippen LogP contribution in [0.25, 0.3) is 0 Å². The molecule has 0 atom stereocenters. The van der Waals surface area contributed by atoms with E-state index in [0.29, 0.717) is 13.2 Å². The molecule has 0 saturated carbocycles. The lowest BCUT2D eigenvalue weighted by atomic mass is 10.1. The van der Waals surface area contributed by atoms with Crippen molar-refractivity contribution in [2.75, 3.05) is 38.7 Å². The van der Waals surface area contributed by atoms with Crippen molar-refractivity contribution in [1.82, 2.24) is 15.1 Å². The summed E-state index contributed by atoms with van der Waals surface area (Å²) < 4.78 is 11.0. The molecule has 98 valence electrons. The minimum atomic E-state index is -0.0647. The van der Waals surface area contributed by atoms with Gasteiger partial charge in [-0.2, -0.15) is 5.10 Å². The third-order valence-electron chi connectivity index (χ3n) is 3.37. The Morgan fingerprint density at radius 1 is 1.39 bits per heavy atom. The number of ether oxygens (including phenoxy) is 2. The van der Waals surface area contributed by atoms with E-state index >= 15 is 0 Å². The van der Waals surface area contributed by atoms with E-state index in [1.165, 1.54) is 5.56 Å². The van der Waals surface area contributed by atoms with Crippen LogP contribution in [0.4, 0.5) is 5.82 Å². The quantitative estimate of drug-likeness (QED) is 0.830. The molecule has 1 fully saturated rings. The summed E-state index contributed by atoms with van der Waals surface area (Å²) in [7, 11) is 1.86. The van der Waals surface area contributed by atoms with Gasteiger partial charge in [-0.05, 0) is 11.6 Å². The summed E-state index contributed by atoms with van der Waals surface area (Å²) >= 11 is 0. The molecule has 0 radical (unpaired) electrons. The summed E-state index contributed by atoms with van der Waals surface area (Å²) in [4.78, 5) is 2.35. The third kappa shape index (κ3) is 2.45. The van der Waals surface area contributed by atoms with Crippen LogP contribution in [0.1, 0.15) is 11.3 Å². The number of hydrogen-bond acceptors (Lipinski definition) is 6. The topological polar surface area (TPSA) is 59.5 Å². The van der Waals surface area contributed by atoms with E-state index in [4.69, 9.17) is 9.47 Å². The van der Waals surface area contributed by atoms with Crippen LogP contribution in [0.15, 0.2) is 6.07 Å². The summed E-state index contributed by atoms with van der Waals surface area (Å²) in [6, 6.07) is 2.07. The van der Waals surface area contributed by atoms with Gasteiger partial charge in [0.1, 0.15) is 5.82 Å². The summed E-state index contributed by atoms with van der Waals surface area (Å²) in [5, 5.41) is 11.4. The van der Waals surface area contributed by atoms with Crippen molar-refractivity contribution in [2.24, 2.45) is 0 Å². The molecule has 3 rings (SSSR count). The third-order valence-corrected chi connectivity index (χ3v) is 3.37. The van der Waals surface area contributed by atoms with Gasteiger partial charge in [-0.3, -0.25) is 4.90 Å². The highest BCUT2D eigenvalue weighted by Crippen LogP contribution is 2.19. The Bertz CT molecular complexity index is 421. The Labute approximate surface area is 106 Å². The monoisotopic (exact) mass is 250 g/mol. The first-order valence-corrected chi connectivity index (χ1v) is 6.34. The fourth-order valence-corrected chi connectivity index (χ4v) is 2.39. The zero-order valence-corrected chi connectivity index (χ0v) is 10.6. The van der Waals surface area contributed by atoms with Crippen LogP contribution < -0.4 is 5.32 Å². The van der Waals surface area contributed by atoms with Crippen LogP contribution in [0.5, 0.6) is 0 Å². The number of nitrogens with zero attached hydrogens (tertiary/aromatic N) is 3. The number of fused-ring (bicyclic) bond motifs is 1. The van der Waals surface area contributed by atoms with Gasteiger partial charge in [-0.25, -0.2) is 0 Å². The van der Waals surface area contributed by atoms with Gasteiger partial charge >= 0.3 is 0 Å². The lowest BCUT2D eigenvalue weighted by Crippen LogP contribution is -2.37. The molecular weight excluding hydrogens is 232 g/mol. The van der Waals surface area contributed by atoms with E-state index in [1.807, 2.05) is 7.05 Å². The molecule has 1 saturated heterocycles. The normalized spacial score (nSPS) is 20.9. The molecule has 3 heterocycles. The minimum Gasteiger partial charge on any atom is -0.372 e. The number of hydrogen-bond donors (Lipinski definition) is 1. The molecule has 1 aromatic heterocycles. The maximum atomic E-state index is 5.48. The standard InChI is InChI=1S/C12H18N4O2/c1-13-11-6-9-7-16(3-2-10(9)14-15-11)8-12-17-4-5-18-12/h6,12H,2-5,7-8H2,1H3,(H,13,15). The van der Waals surface area contributed by atoms with Crippen LogP contribution in [0.3, 0.4) is 0 Å². The average molecular weight is 250 g/mol. The minimum absolute atomic E-state index is 0.0647. The Balaban J connectivity index is 1.67. The van der Waals surface area contributed by atoms with Gasteiger partial charge in [-0.15, -0.1) is 5.10 Å². The maximum absolute atomic E-state index is 5.48. The molecule has 6 heteroatoms. The van der Waals surface area contributed by atoms with Gasteiger partial charge < -0.3 is 14.8 Å². The highest BCUT2D eigenvalue weighted by atomic mass is 16.7. The van der Waals surface area contributed by atoms with Crippen molar-refractivity contribution in [2.45, 2.75) is 19.3 Å². The molecule has 2 aliphatic heterocycles. The first kappa shape index (κ1) is 11.8. The van der Waals surface area contributed by atoms with Crippen molar-refractivity contribution in [1.29, 1.82) is 0 Å². The molecule has 18 heavy (non-hydrogen) atoms. The van der Waals surface area contributed by atoms with Crippen molar-refractivity contribution in [3.63, 3.8) is 0 Å². The average Bonchev–Trinajstić information content (AvgIpc) is 2.90. The second-order valence-electron chi connectivity index (χ2n) is 4.61. The first-order valence-electron chi connectivity index (χ1n) is 6.34. The van der Waals surface area contributed by atoms with E-state index in [1.54, 1.807) is 0 Å². The zero-order chi connectivity index (χ0) is 12.4. The smallest absolute Gasteiger partial charge is 0.170 e. The molecule has 0 unspecified atom stereocenters. The van der Waals surface area contributed by atoms with E-state index in [-0.39, 0.29) is 6.29 Å². The largest absolute Gasteiger partial charge is 0.372 e. The van der Waals surface area contributed by atoms with E-state index < -0.39 is 0 Å². The molecule has 0 aromatic carbocycles. The fourth-order valence-electron chi connectivity index (χ4n) is 2.39. The molecule has 0 spiro atoms. The molecule has 6 nitrogen and oxygen atoms in total. The highest BCUT2D eigenvalue weighted by Gasteiger charge is 2.24. The summed E-state index contributed by atoms with van der Waals surface area (Å²) in [5.74, 6) is 0.823. The van der Waals surface area contributed by atoms with Crippen LogP contribution in [0, 0.1) is 0 Å². The Morgan fingerprint density at radius 3 is 3.00 bits per heavy atom. The number of aromatic nitrogens is 2. The van der Waals surface area contributed by atoms with Gasteiger partial charge in [0.15, 0.2) is 6.29 Å². The summed E-state index contributed by atoms with van der Waals surface area (Å²) in [6.45, 7) is 4.14. The highest BCUT2D eigenvalue weighted by molar-refractivity contribution is 5.38. The van der Waals surface area contributed by atoms with Crippen molar-refractivity contribution < 1.29 is 9.47 Å². The second kappa shape index (κ2) is 5.17. The van der Waals surface area contributed by atoms with Crippen molar-refractivity contribution in [3.8, 4) is 0 Å². The molecule has 2 aliphatic rings. The van der Waals surface area contributed by atoms with Crippen molar-refractivity contribution >= 4 is 5.82 Å². The number of anilines is 1. The van der Waals surface area contributed by atoms with Gasteiger partial charge in [0, 0.05) is 33.1 Å². The maximum Gasteiger partial charge on any atom is 0.170 e. The lowest BCUT2D eigenvalue weighted by Gasteiger charge is -2.29. The zero-order valence-electron chi connectivity index (χ0n) is 10.6. The second-order valence-corrected chi connectivity index (χ2v) is 4.61. The van der Waals surface area contributed by atoms with E-state index in [0.717, 1.165) is 37.6 Å². The number of nitrogens with one attached hydrogen (secondary N) is 1. The van der Waals surface area contributed by atoms with E-state index in [2.05, 4.69) is 26.5 Å². The van der Waals surface area contributed by atoms with Crippen LogP contribution in [-0.2, 0) is 22.4 Å². The molecule has 0 amide bonds. The van der Waals surface area contributed by atoms with Gasteiger partial charge in [-0.1, -0.05) is 0 Å². The predicted molar refractivity (Wildman–Crippen MR) is 66.3 cm³/mol. The van der Waals surface area contributed by atoms with Crippen molar-refractivity contribution in [3.05, 3.63) is 17.3 Å². The summed E-state index contributed by atoms with van der Waals surface area (Å²) in [5.41, 5.74) is 2.36. The van der Waals surface area contributed by atoms with Crippen LogP contribution in [-0.4, -0.2) is 54.7 Å². The molecular formula is C12H18N4O2. The first-order chi connectivity index (χ1) is 8.85. The SMILES string of the molecule is CNc1cc2c(nn1)CCN(CC1OCCO1)C2. The number of rotatable bonds is 3. The fraction of sp³-hybridized carbons (Fsp3) is 0.667. The molecule has 0 bridgehead atoms. The summed E-state index contributed by atoms with van der Waals surface area (Å²) in [6.07, 6.45) is 0.879. The molecule has 1 aromatic rings. The lowest BCUT2D eigenvalue weighted by molar-refractivity contribution is -0.0640. The Morgan fingerprint density at radius 2 is 2.22 bits per heavy atom.